The Morgan fingerprint density at radius 2 is 1.83 bits per heavy atom. The lowest BCUT2D eigenvalue weighted by Gasteiger charge is -2.07. The molecule has 1 aromatic heterocycles. The van der Waals surface area contributed by atoms with Crippen LogP contribution >= 0.6 is 0 Å². The molecule has 0 bridgehead atoms. The summed E-state index contributed by atoms with van der Waals surface area (Å²) in [6, 6.07) is 5.48. The summed E-state index contributed by atoms with van der Waals surface area (Å²) in [6.45, 7) is 0.866. The molecule has 2 rings (SSSR count). The number of amides is 1. The van der Waals surface area contributed by atoms with Crippen molar-refractivity contribution in [2.45, 2.75) is 19.5 Å². The average molecular weight is 323 g/mol. The topological polar surface area (TPSA) is 54.0 Å². The number of aromatic nitrogens is 1. The van der Waals surface area contributed by atoms with Gasteiger partial charge in [-0.15, -0.1) is 0 Å². The highest BCUT2D eigenvalue weighted by Crippen LogP contribution is 2.13. The first-order valence-electron chi connectivity index (χ1n) is 7.06. The van der Waals surface area contributed by atoms with E-state index in [1.807, 2.05) is 6.07 Å². The van der Waals surface area contributed by atoms with Crippen LogP contribution < -0.4 is 10.6 Å². The zero-order chi connectivity index (χ0) is 16.7. The highest BCUT2D eigenvalue weighted by atomic mass is 19.2. The third-order valence-electron chi connectivity index (χ3n) is 3.11. The predicted octanol–water partition coefficient (Wildman–Crippen LogP) is 2.29. The van der Waals surface area contributed by atoms with Gasteiger partial charge in [0, 0.05) is 38.4 Å². The number of hydrogen-bond donors (Lipinski definition) is 2. The molecule has 2 aromatic rings. The van der Waals surface area contributed by atoms with Gasteiger partial charge in [0.25, 0.3) is 0 Å². The summed E-state index contributed by atoms with van der Waals surface area (Å²) in [7, 11) is 0. The largest absolute Gasteiger partial charge is 0.352 e. The molecular formula is C16H16F3N3O. The molecule has 0 aliphatic rings. The van der Waals surface area contributed by atoms with E-state index in [1.54, 1.807) is 18.5 Å². The van der Waals surface area contributed by atoms with E-state index in [-0.39, 0.29) is 24.4 Å². The van der Waals surface area contributed by atoms with E-state index in [1.165, 1.54) is 0 Å². The van der Waals surface area contributed by atoms with Gasteiger partial charge < -0.3 is 10.6 Å². The van der Waals surface area contributed by atoms with Crippen LogP contribution in [0.25, 0.3) is 0 Å². The molecule has 23 heavy (non-hydrogen) atoms. The Balaban J connectivity index is 1.68. The first kappa shape index (κ1) is 17.0. The Bertz CT molecular complexity index is 642. The molecule has 0 fully saturated rings. The number of pyridine rings is 1. The molecule has 7 heteroatoms. The van der Waals surface area contributed by atoms with Crippen LogP contribution in [0.1, 0.15) is 17.5 Å². The zero-order valence-corrected chi connectivity index (χ0v) is 12.3. The van der Waals surface area contributed by atoms with Crippen molar-refractivity contribution < 1.29 is 18.0 Å². The second-order valence-corrected chi connectivity index (χ2v) is 4.94. The normalized spacial score (nSPS) is 10.6. The number of hydrogen-bond acceptors (Lipinski definition) is 3. The summed E-state index contributed by atoms with van der Waals surface area (Å²) in [5.74, 6) is -4.09. The summed E-state index contributed by atoms with van der Waals surface area (Å²) < 4.78 is 38.9. The minimum Gasteiger partial charge on any atom is -0.352 e. The van der Waals surface area contributed by atoms with Crippen LogP contribution in [0.3, 0.4) is 0 Å². The minimum absolute atomic E-state index is 0.143. The summed E-state index contributed by atoms with van der Waals surface area (Å²) >= 11 is 0. The van der Waals surface area contributed by atoms with Gasteiger partial charge in [0.15, 0.2) is 17.5 Å². The average Bonchev–Trinajstić information content (AvgIpc) is 2.55. The maximum Gasteiger partial charge on any atom is 0.221 e. The van der Waals surface area contributed by atoms with Crippen LogP contribution in [-0.4, -0.2) is 17.4 Å². The van der Waals surface area contributed by atoms with E-state index in [2.05, 4.69) is 15.6 Å². The molecule has 0 aliphatic carbocycles. The van der Waals surface area contributed by atoms with Gasteiger partial charge in [0.1, 0.15) is 0 Å². The monoisotopic (exact) mass is 323 g/mol. The molecule has 0 spiro atoms. The Morgan fingerprint density at radius 3 is 2.48 bits per heavy atom. The van der Waals surface area contributed by atoms with Crippen molar-refractivity contribution in [2.24, 2.45) is 0 Å². The van der Waals surface area contributed by atoms with Crippen LogP contribution in [0.5, 0.6) is 0 Å². The SMILES string of the molecule is O=C(CCNCc1cc(F)c(F)c(F)c1)NCc1cccnc1. The highest BCUT2D eigenvalue weighted by Gasteiger charge is 2.10. The van der Waals surface area contributed by atoms with Gasteiger partial charge in [-0.25, -0.2) is 13.2 Å². The number of rotatable bonds is 7. The summed E-state index contributed by atoms with van der Waals surface area (Å²) in [5.41, 5.74) is 1.17. The van der Waals surface area contributed by atoms with E-state index in [0.29, 0.717) is 13.1 Å². The standard InChI is InChI=1S/C16H16F3N3O/c17-13-6-12(7-14(18)16(13)19)9-21-5-3-15(23)22-10-11-2-1-4-20-8-11/h1-2,4,6-8,21H,3,5,9-10H2,(H,22,23). The van der Waals surface area contributed by atoms with E-state index in [4.69, 9.17) is 0 Å². The lowest BCUT2D eigenvalue weighted by atomic mass is 10.2. The van der Waals surface area contributed by atoms with E-state index in [9.17, 15) is 18.0 Å². The Kier molecular flexibility index (Phi) is 6.10. The summed E-state index contributed by atoms with van der Waals surface area (Å²) in [4.78, 5) is 15.6. The van der Waals surface area contributed by atoms with Crippen LogP contribution in [0.4, 0.5) is 13.2 Å². The van der Waals surface area contributed by atoms with Crippen LogP contribution in [0.2, 0.25) is 0 Å². The maximum atomic E-state index is 13.0. The predicted molar refractivity (Wildman–Crippen MR) is 78.7 cm³/mol. The molecule has 2 N–H and O–H groups in total. The molecule has 0 saturated heterocycles. The number of nitrogens with one attached hydrogen (secondary N) is 2. The number of nitrogens with zero attached hydrogens (tertiary/aromatic N) is 1. The van der Waals surface area contributed by atoms with Crippen LogP contribution in [-0.2, 0) is 17.9 Å². The molecule has 0 unspecified atom stereocenters. The Labute approximate surface area is 131 Å². The number of carbonyl (C=O) groups excluding carboxylic acids is 1. The summed E-state index contributed by atoms with van der Waals surface area (Å²) in [6.07, 6.45) is 3.53. The number of halogens is 3. The van der Waals surface area contributed by atoms with Crippen molar-refractivity contribution in [3.63, 3.8) is 0 Å². The van der Waals surface area contributed by atoms with Gasteiger partial charge in [-0.05, 0) is 29.3 Å². The summed E-state index contributed by atoms with van der Waals surface area (Å²) in [5, 5.41) is 5.61. The molecule has 4 nitrogen and oxygen atoms in total. The van der Waals surface area contributed by atoms with E-state index in [0.717, 1.165) is 17.7 Å². The van der Waals surface area contributed by atoms with Gasteiger partial charge >= 0.3 is 0 Å². The van der Waals surface area contributed by atoms with Crippen molar-refractivity contribution in [3.8, 4) is 0 Å². The molecule has 0 atom stereocenters. The third-order valence-corrected chi connectivity index (χ3v) is 3.11. The number of benzene rings is 1. The van der Waals surface area contributed by atoms with Crippen molar-refractivity contribution in [1.29, 1.82) is 0 Å². The molecule has 1 aromatic carbocycles. The van der Waals surface area contributed by atoms with E-state index >= 15 is 0 Å². The Morgan fingerprint density at radius 1 is 1.09 bits per heavy atom. The van der Waals surface area contributed by atoms with Crippen LogP contribution in [0.15, 0.2) is 36.7 Å². The second-order valence-electron chi connectivity index (χ2n) is 4.94. The van der Waals surface area contributed by atoms with Gasteiger partial charge in [-0.2, -0.15) is 0 Å². The fraction of sp³-hybridized carbons (Fsp3) is 0.250. The quantitative estimate of drug-likeness (QED) is 0.607. The van der Waals surface area contributed by atoms with Crippen LogP contribution in [0, 0.1) is 17.5 Å². The second kappa shape index (κ2) is 8.28. The zero-order valence-electron chi connectivity index (χ0n) is 12.3. The highest BCUT2D eigenvalue weighted by molar-refractivity contribution is 5.76. The van der Waals surface area contributed by atoms with Crippen molar-refractivity contribution in [1.82, 2.24) is 15.6 Å². The smallest absolute Gasteiger partial charge is 0.221 e. The fourth-order valence-electron chi connectivity index (χ4n) is 1.94. The molecule has 0 radical (unpaired) electrons. The van der Waals surface area contributed by atoms with Crippen molar-refractivity contribution >= 4 is 5.91 Å². The lowest BCUT2D eigenvalue weighted by Crippen LogP contribution is -2.27. The first-order valence-corrected chi connectivity index (χ1v) is 7.06. The molecule has 122 valence electrons. The maximum absolute atomic E-state index is 13.0. The first-order chi connectivity index (χ1) is 11.1. The number of carbonyl (C=O) groups is 1. The van der Waals surface area contributed by atoms with Crippen molar-refractivity contribution in [2.75, 3.05) is 6.54 Å². The lowest BCUT2D eigenvalue weighted by molar-refractivity contribution is -0.121. The Hall–Kier alpha value is -2.41. The molecule has 1 amide bonds. The molecule has 1 heterocycles. The van der Waals surface area contributed by atoms with Gasteiger partial charge in [0.05, 0.1) is 0 Å². The minimum atomic E-state index is -1.48. The van der Waals surface area contributed by atoms with Crippen molar-refractivity contribution in [3.05, 3.63) is 65.2 Å². The van der Waals surface area contributed by atoms with E-state index < -0.39 is 17.5 Å². The van der Waals surface area contributed by atoms with Gasteiger partial charge in [-0.3, -0.25) is 9.78 Å². The molecular weight excluding hydrogens is 307 g/mol. The molecule has 0 aliphatic heterocycles. The van der Waals surface area contributed by atoms with Gasteiger partial charge in [0.2, 0.25) is 5.91 Å². The third kappa shape index (κ3) is 5.37. The molecule has 0 saturated carbocycles. The fourth-order valence-corrected chi connectivity index (χ4v) is 1.94. The van der Waals surface area contributed by atoms with Gasteiger partial charge in [-0.1, -0.05) is 6.07 Å².